The lowest BCUT2D eigenvalue weighted by Crippen LogP contribution is -2.58. The Bertz CT molecular complexity index is 1040. The maximum Gasteiger partial charge on any atom is 0.243 e. The van der Waals surface area contributed by atoms with Crippen molar-refractivity contribution in [3.8, 4) is 0 Å². The molecule has 0 aliphatic carbocycles. The minimum absolute atomic E-state index is 0. The predicted octanol–water partition coefficient (Wildman–Crippen LogP) is 3.47. The van der Waals surface area contributed by atoms with Crippen molar-refractivity contribution in [2.45, 2.75) is 44.3 Å². The van der Waals surface area contributed by atoms with Gasteiger partial charge < -0.3 is 5.32 Å². The van der Waals surface area contributed by atoms with E-state index < -0.39 is 15.7 Å². The number of nitrogens with one attached hydrogen (secondary N) is 1. The Balaban J connectivity index is 0.00000272. The number of carbonyl (C=O) groups is 1. The molecule has 1 spiro atoms. The molecule has 2 saturated heterocycles. The summed E-state index contributed by atoms with van der Waals surface area (Å²) in [6, 6.07) is 16.9. The zero-order valence-electron chi connectivity index (χ0n) is 17.2. The van der Waals surface area contributed by atoms with Crippen molar-refractivity contribution in [1.82, 2.24) is 14.5 Å². The first kappa shape index (κ1) is 23.2. The van der Waals surface area contributed by atoms with E-state index in [9.17, 15) is 13.2 Å². The van der Waals surface area contributed by atoms with E-state index in [-0.39, 0.29) is 13.3 Å². The Morgan fingerprint density at radius 3 is 2.26 bits per heavy atom. The van der Waals surface area contributed by atoms with Crippen LogP contribution < -0.4 is 5.32 Å². The molecule has 31 heavy (non-hydrogen) atoms. The van der Waals surface area contributed by atoms with Crippen molar-refractivity contribution in [1.29, 1.82) is 0 Å². The molecule has 7 heteroatoms. The predicted molar refractivity (Wildman–Crippen MR) is 124 cm³/mol. The Morgan fingerprint density at radius 1 is 1.06 bits per heavy atom. The fourth-order valence-corrected chi connectivity index (χ4v) is 5.75. The van der Waals surface area contributed by atoms with Crippen LogP contribution in [0.25, 0.3) is 5.57 Å². The lowest BCUT2D eigenvalue weighted by Gasteiger charge is -2.43. The molecule has 2 aliphatic heterocycles. The van der Waals surface area contributed by atoms with E-state index in [1.165, 1.54) is 4.31 Å². The lowest BCUT2D eigenvalue weighted by molar-refractivity contribution is -0.119. The van der Waals surface area contributed by atoms with Gasteiger partial charge in [0.2, 0.25) is 15.9 Å². The topological polar surface area (TPSA) is 69.7 Å². The average Bonchev–Trinajstić information content (AvgIpc) is 3.03. The van der Waals surface area contributed by atoms with E-state index in [1.807, 2.05) is 37.3 Å². The number of rotatable bonds is 5. The molecular formula is C24H31N3O3S. The van der Waals surface area contributed by atoms with Crippen molar-refractivity contribution >= 4 is 21.5 Å². The number of carbonyl (C=O) groups excluding carboxylic acids is 1. The van der Waals surface area contributed by atoms with Crippen LogP contribution in [-0.2, 0) is 21.4 Å². The highest BCUT2D eigenvalue weighted by Crippen LogP contribution is 2.33. The van der Waals surface area contributed by atoms with Crippen LogP contribution in [-0.4, -0.2) is 48.8 Å². The fourth-order valence-electron chi connectivity index (χ4n) is 4.31. The number of benzene rings is 2. The summed E-state index contributed by atoms with van der Waals surface area (Å²) in [4.78, 5) is 14.7. The van der Waals surface area contributed by atoms with Crippen LogP contribution in [0.2, 0.25) is 0 Å². The molecule has 6 nitrogen and oxygen atoms in total. The van der Waals surface area contributed by atoms with Crippen LogP contribution in [0.5, 0.6) is 0 Å². The first-order valence-corrected chi connectivity index (χ1v) is 11.6. The molecule has 2 fully saturated rings. The maximum absolute atomic E-state index is 13.1. The van der Waals surface area contributed by atoms with E-state index in [0.29, 0.717) is 43.9 Å². The van der Waals surface area contributed by atoms with Crippen LogP contribution >= 0.6 is 0 Å². The van der Waals surface area contributed by atoms with Gasteiger partial charge in [0.15, 0.2) is 0 Å². The van der Waals surface area contributed by atoms with Crippen molar-refractivity contribution in [3.63, 3.8) is 0 Å². The summed E-state index contributed by atoms with van der Waals surface area (Å²) in [6.07, 6.45) is 1.13. The molecule has 2 aliphatic rings. The van der Waals surface area contributed by atoms with Gasteiger partial charge in [-0.2, -0.15) is 4.31 Å². The lowest BCUT2D eigenvalue weighted by atomic mass is 9.97. The van der Waals surface area contributed by atoms with Gasteiger partial charge in [-0.05, 0) is 43.0 Å². The largest absolute Gasteiger partial charge is 0.337 e. The van der Waals surface area contributed by atoms with Crippen LogP contribution in [0.4, 0.5) is 0 Å². The van der Waals surface area contributed by atoms with E-state index in [0.717, 1.165) is 16.7 Å². The van der Waals surface area contributed by atoms with Gasteiger partial charge in [-0.25, -0.2) is 8.42 Å². The second-order valence-corrected chi connectivity index (χ2v) is 10.1. The van der Waals surface area contributed by atoms with Crippen LogP contribution in [0.15, 0.2) is 66.1 Å². The van der Waals surface area contributed by atoms with Crippen LogP contribution in [0, 0.1) is 0 Å². The summed E-state index contributed by atoms with van der Waals surface area (Å²) >= 11 is 0. The zero-order chi connectivity index (χ0) is 21.4. The molecule has 0 radical (unpaired) electrons. The highest BCUT2D eigenvalue weighted by Gasteiger charge is 2.47. The number of hydrogen-bond donors (Lipinski definition) is 1. The third-order valence-electron chi connectivity index (χ3n) is 6.06. The Morgan fingerprint density at radius 2 is 1.68 bits per heavy atom. The number of allylic oxidation sites excluding steroid dienone is 1. The molecule has 2 aromatic carbocycles. The molecule has 0 bridgehead atoms. The van der Waals surface area contributed by atoms with Crippen LogP contribution in [0.3, 0.4) is 0 Å². The van der Waals surface area contributed by atoms with Crippen molar-refractivity contribution < 1.29 is 13.2 Å². The summed E-state index contributed by atoms with van der Waals surface area (Å²) in [6.45, 7) is 7.53. The van der Waals surface area contributed by atoms with Gasteiger partial charge in [-0.3, -0.25) is 9.69 Å². The molecule has 0 unspecified atom stereocenters. The molecule has 4 rings (SSSR count). The van der Waals surface area contributed by atoms with Gasteiger partial charge in [0.05, 0.1) is 17.1 Å². The highest BCUT2D eigenvalue weighted by atomic mass is 32.2. The third kappa shape index (κ3) is 4.59. The van der Waals surface area contributed by atoms with Gasteiger partial charge in [0.25, 0.3) is 0 Å². The minimum atomic E-state index is -3.57. The molecule has 166 valence electrons. The molecule has 2 heterocycles. The molecule has 0 aromatic heterocycles. The number of piperidine rings is 1. The summed E-state index contributed by atoms with van der Waals surface area (Å²) in [5.41, 5.74) is 2.48. The second kappa shape index (κ2) is 8.94. The molecule has 1 N–H and O–H groups in total. The third-order valence-corrected chi connectivity index (χ3v) is 7.98. The smallest absolute Gasteiger partial charge is 0.243 e. The second-order valence-electron chi connectivity index (χ2n) is 8.13. The Hall–Kier alpha value is -2.48. The molecule has 0 atom stereocenters. The van der Waals surface area contributed by atoms with E-state index in [4.69, 9.17) is 0 Å². The average molecular weight is 442 g/mol. The molecular weight excluding hydrogens is 410 g/mol. The first-order valence-electron chi connectivity index (χ1n) is 10.2. The normalized spacial score (nSPS) is 19.1. The van der Waals surface area contributed by atoms with Crippen LogP contribution in [0.1, 0.15) is 38.3 Å². The van der Waals surface area contributed by atoms with Gasteiger partial charge in [0.1, 0.15) is 0 Å². The maximum atomic E-state index is 13.1. The minimum Gasteiger partial charge on any atom is -0.337 e. The summed E-state index contributed by atoms with van der Waals surface area (Å²) in [5.74, 6) is -0.00220. The zero-order valence-corrected chi connectivity index (χ0v) is 18.0. The van der Waals surface area contributed by atoms with Gasteiger partial charge in [-0.1, -0.05) is 62.0 Å². The summed E-state index contributed by atoms with van der Waals surface area (Å²) in [7, 11) is -3.57. The monoisotopic (exact) mass is 441 g/mol. The first-order chi connectivity index (χ1) is 14.3. The fraction of sp³-hybridized carbons (Fsp3) is 0.375. The van der Waals surface area contributed by atoms with Gasteiger partial charge in [0, 0.05) is 19.6 Å². The number of nitrogens with zero attached hydrogens (tertiary/aromatic N) is 2. The van der Waals surface area contributed by atoms with E-state index in [2.05, 4.69) is 16.8 Å². The standard InChI is InChI=1S/C23H27N3O3S.CH4/c1-18(2)20-8-10-21(11-9-20)30(28,29)26-14-12-23(13-15-26)24-22(27)17-25(23)16-19-6-4-3-5-7-19;/h3-11H,1,12-17H2,2H3,(H,24,27);1H4. The van der Waals surface area contributed by atoms with Crippen molar-refractivity contribution in [2.24, 2.45) is 0 Å². The van der Waals surface area contributed by atoms with Crippen molar-refractivity contribution in [3.05, 3.63) is 72.3 Å². The van der Waals surface area contributed by atoms with E-state index >= 15 is 0 Å². The Kier molecular flexibility index (Phi) is 6.69. The van der Waals surface area contributed by atoms with E-state index in [1.54, 1.807) is 24.3 Å². The number of hydrogen-bond acceptors (Lipinski definition) is 4. The SMILES string of the molecule is C.C=C(C)c1ccc(S(=O)(=O)N2CCC3(CC2)NC(=O)CN3Cc2ccccc2)cc1. The van der Waals surface area contributed by atoms with Crippen molar-refractivity contribution in [2.75, 3.05) is 19.6 Å². The molecule has 0 saturated carbocycles. The van der Waals surface area contributed by atoms with Gasteiger partial charge >= 0.3 is 0 Å². The van der Waals surface area contributed by atoms with Gasteiger partial charge in [-0.15, -0.1) is 0 Å². The summed E-state index contributed by atoms with van der Waals surface area (Å²) < 4.78 is 27.7. The molecule has 1 amide bonds. The quantitative estimate of drug-likeness (QED) is 0.771. The number of amides is 1. The number of sulfonamides is 1. The molecule has 2 aromatic rings. The summed E-state index contributed by atoms with van der Waals surface area (Å²) in [5, 5.41) is 3.13. The Labute approximate surface area is 185 Å². The highest BCUT2D eigenvalue weighted by molar-refractivity contribution is 7.89.